The molecule has 1 unspecified atom stereocenters. The summed E-state index contributed by atoms with van der Waals surface area (Å²) in [7, 11) is -0.774. The van der Waals surface area contributed by atoms with Crippen LogP contribution < -0.4 is 9.97 Å². The molecule has 86 valence electrons. The number of rotatable bonds is 5. The topological polar surface area (TPSA) is 64.6 Å². The first-order chi connectivity index (χ1) is 7.63. The molecule has 0 aliphatic carbocycles. The van der Waals surface area contributed by atoms with Gasteiger partial charge in [-0.05, 0) is 31.2 Å². The van der Waals surface area contributed by atoms with Gasteiger partial charge >= 0.3 is 14.6 Å². The smallest absolute Gasteiger partial charge is 0.287 e. The van der Waals surface area contributed by atoms with Gasteiger partial charge in [-0.1, -0.05) is 21.3 Å². The van der Waals surface area contributed by atoms with E-state index in [2.05, 4.69) is 9.97 Å². The van der Waals surface area contributed by atoms with Gasteiger partial charge in [0, 0.05) is 5.02 Å². The van der Waals surface area contributed by atoms with Crippen LogP contribution >= 0.6 is 20.2 Å². The van der Waals surface area contributed by atoms with Crippen molar-refractivity contribution in [3.8, 4) is 5.75 Å². The molecule has 1 aromatic rings. The van der Waals surface area contributed by atoms with Crippen LogP contribution in [-0.2, 0) is 14.2 Å². The first kappa shape index (κ1) is 12.9. The second-order valence-corrected chi connectivity index (χ2v) is 3.84. The molecule has 7 heteroatoms. The fourth-order valence-electron chi connectivity index (χ4n) is 0.799. The number of halogens is 1. The number of hydrogen-bond acceptors (Lipinski definition) is 4. The second-order valence-electron chi connectivity index (χ2n) is 2.91. The molecular weight excluding hydrogens is 253 g/mol. The van der Waals surface area contributed by atoms with E-state index in [0.29, 0.717) is 10.8 Å². The lowest BCUT2D eigenvalue weighted by Gasteiger charge is -2.06. The highest BCUT2D eigenvalue weighted by Crippen LogP contribution is 2.15. The molecule has 0 fully saturated rings. The fourth-order valence-corrected chi connectivity index (χ4v) is 1.22. The van der Waals surface area contributed by atoms with E-state index in [1.165, 1.54) is 6.92 Å². The van der Waals surface area contributed by atoms with E-state index in [1.54, 1.807) is 24.3 Å². The summed E-state index contributed by atoms with van der Waals surface area (Å²) < 4.78 is 10.2. The van der Waals surface area contributed by atoms with Crippen LogP contribution in [0.5, 0.6) is 5.75 Å². The number of nitrogens with one attached hydrogen (secondary N) is 1. The molecule has 1 rings (SSSR count). The maximum absolute atomic E-state index is 11.2. The molecule has 0 bridgehead atoms. The van der Waals surface area contributed by atoms with Gasteiger partial charge in [0.15, 0.2) is 11.8 Å². The Morgan fingerprint density at radius 1 is 1.44 bits per heavy atom. The van der Waals surface area contributed by atoms with Gasteiger partial charge in [0.2, 0.25) is 0 Å². The van der Waals surface area contributed by atoms with E-state index in [1.807, 2.05) is 0 Å². The van der Waals surface area contributed by atoms with Crippen molar-refractivity contribution in [1.29, 1.82) is 0 Å². The molecule has 1 N–H and O–H groups in total. The summed E-state index contributed by atoms with van der Waals surface area (Å²) >= 11 is 5.66. The van der Waals surface area contributed by atoms with Gasteiger partial charge in [0.05, 0.1) is 0 Å². The Balaban J connectivity index is 2.42. The van der Waals surface area contributed by atoms with Crippen molar-refractivity contribution in [3.05, 3.63) is 29.3 Å². The zero-order valence-corrected chi connectivity index (χ0v) is 10.2. The van der Waals surface area contributed by atoms with E-state index in [4.69, 9.17) is 16.5 Å². The van der Waals surface area contributed by atoms with Gasteiger partial charge in [-0.15, -0.1) is 0 Å². The largest absolute Gasteiger partial charge is 0.419 e. The lowest BCUT2D eigenvalue weighted by Crippen LogP contribution is -2.30. The summed E-state index contributed by atoms with van der Waals surface area (Å²) in [5.41, 5.74) is 0. The lowest BCUT2D eigenvalue weighted by atomic mass is 10.3. The third-order valence-electron chi connectivity index (χ3n) is 1.66. The number of hydrogen-bond donors (Lipinski definition) is 1. The molecule has 0 heterocycles. The van der Waals surface area contributed by atoms with Crippen molar-refractivity contribution in [2.45, 2.75) is 13.0 Å². The molecule has 0 radical (unpaired) electrons. The first-order valence-corrected chi connectivity index (χ1v) is 5.68. The molecule has 0 saturated heterocycles. The first-order valence-electron chi connectivity index (χ1n) is 4.40. The van der Waals surface area contributed by atoms with Gasteiger partial charge in [-0.25, -0.2) is 9.68 Å². The van der Waals surface area contributed by atoms with E-state index >= 15 is 0 Å². The standard InChI is InChI=1S/C9H9ClNO4P/c1-6(11-16-13)9(12)15-14-8-4-2-7(10)3-5-8/h2-6H,1H3,(H,11,13)/p+1/t6-/m0/s1. The van der Waals surface area contributed by atoms with Crippen molar-refractivity contribution in [3.63, 3.8) is 0 Å². The number of carbonyl (C=O) groups excluding carboxylic acids is 1. The third-order valence-corrected chi connectivity index (χ3v) is 2.47. The number of carbonyl (C=O) groups is 1. The summed E-state index contributed by atoms with van der Waals surface area (Å²) in [6.45, 7) is 1.51. The minimum atomic E-state index is -0.774. The second kappa shape index (κ2) is 6.43. The van der Waals surface area contributed by atoms with E-state index < -0.39 is 20.6 Å². The molecule has 1 aromatic carbocycles. The normalized spacial score (nSPS) is 12.1. The van der Waals surface area contributed by atoms with Crippen LogP contribution in [0.1, 0.15) is 6.92 Å². The maximum atomic E-state index is 11.2. The molecule has 0 saturated carbocycles. The Labute approximate surface area is 98.9 Å². The summed E-state index contributed by atoms with van der Waals surface area (Å²) in [5, 5.41) is 2.94. The predicted octanol–water partition coefficient (Wildman–Crippen LogP) is 2.09. The van der Waals surface area contributed by atoms with Crippen molar-refractivity contribution in [1.82, 2.24) is 5.09 Å². The SMILES string of the molecule is C[C@H](N[PH+]=O)C(=O)OOc1ccc(Cl)cc1. The minimum absolute atomic E-state index is 0.356. The van der Waals surface area contributed by atoms with Crippen LogP contribution in [0.3, 0.4) is 0 Å². The highest BCUT2D eigenvalue weighted by molar-refractivity contribution is 7.21. The average molecular weight is 263 g/mol. The minimum Gasteiger partial charge on any atom is -0.287 e. The van der Waals surface area contributed by atoms with Crippen LogP contribution in [0.4, 0.5) is 0 Å². The highest BCUT2D eigenvalue weighted by Gasteiger charge is 2.18. The Morgan fingerprint density at radius 3 is 2.62 bits per heavy atom. The quantitative estimate of drug-likeness (QED) is 0.500. The van der Waals surface area contributed by atoms with Crippen LogP contribution in [0.15, 0.2) is 24.3 Å². The zero-order valence-electron chi connectivity index (χ0n) is 8.40. The Kier molecular flexibility index (Phi) is 5.19. The molecule has 16 heavy (non-hydrogen) atoms. The summed E-state index contributed by atoms with van der Waals surface area (Å²) in [5.74, 6) is -0.298. The molecule has 0 aromatic heterocycles. The van der Waals surface area contributed by atoms with E-state index in [9.17, 15) is 9.36 Å². The van der Waals surface area contributed by atoms with Crippen molar-refractivity contribution < 1.29 is 19.1 Å². The molecule has 5 nitrogen and oxygen atoms in total. The van der Waals surface area contributed by atoms with Crippen molar-refractivity contribution in [2.75, 3.05) is 0 Å². The van der Waals surface area contributed by atoms with Crippen molar-refractivity contribution in [2.24, 2.45) is 0 Å². The molecule has 0 amide bonds. The number of benzene rings is 1. The fraction of sp³-hybridized carbons (Fsp3) is 0.222. The monoisotopic (exact) mass is 262 g/mol. The summed E-state index contributed by atoms with van der Waals surface area (Å²) in [6.07, 6.45) is 0. The van der Waals surface area contributed by atoms with Gasteiger partial charge in [-0.2, -0.15) is 0 Å². The highest BCUT2D eigenvalue weighted by atomic mass is 35.5. The molecular formula is C9H10ClNO4P+. The van der Waals surface area contributed by atoms with Crippen LogP contribution in [0.25, 0.3) is 0 Å². The predicted molar refractivity (Wildman–Crippen MR) is 59.8 cm³/mol. The summed E-state index contributed by atoms with van der Waals surface area (Å²) in [6, 6.07) is 5.63. The molecule has 0 spiro atoms. The zero-order chi connectivity index (χ0) is 12.0. The Hall–Kier alpha value is -1.16. The van der Waals surface area contributed by atoms with Crippen LogP contribution in [0, 0.1) is 0 Å². The lowest BCUT2D eigenvalue weighted by molar-refractivity contribution is -0.215. The van der Waals surface area contributed by atoms with Crippen LogP contribution in [0.2, 0.25) is 5.02 Å². The van der Waals surface area contributed by atoms with Crippen molar-refractivity contribution >= 4 is 26.2 Å². The maximum Gasteiger partial charge on any atom is 0.419 e. The van der Waals surface area contributed by atoms with Gasteiger partial charge in [0.1, 0.15) is 0 Å². The van der Waals surface area contributed by atoms with E-state index in [-0.39, 0.29) is 0 Å². The molecule has 2 atom stereocenters. The van der Waals surface area contributed by atoms with Gasteiger partial charge < -0.3 is 0 Å². The van der Waals surface area contributed by atoms with Gasteiger partial charge in [0.25, 0.3) is 0 Å². The average Bonchev–Trinajstić information content (AvgIpc) is 2.28. The third kappa shape index (κ3) is 4.14. The molecule has 0 aliphatic heterocycles. The van der Waals surface area contributed by atoms with Gasteiger partial charge in [-0.3, -0.25) is 4.89 Å². The summed E-state index contributed by atoms with van der Waals surface area (Å²) in [4.78, 5) is 20.4. The Morgan fingerprint density at radius 2 is 2.06 bits per heavy atom. The molecule has 0 aliphatic rings. The van der Waals surface area contributed by atoms with Crippen LogP contribution in [-0.4, -0.2) is 12.0 Å². The Bertz CT molecular complexity index is 370. The van der Waals surface area contributed by atoms with E-state index in [0.717, 1.165) is 0 Å².